The molecular weight excluding hydrogens is 1100 g/mol. The number of unbranched alkanes of at least 4 members (excludes halogenated alkanes) is 30. The second-order valence-corrected chi connectivity index (χ2v) is 26.5. The van der Waals surface area contributed by atoms with Crippen LogP contribution in [0, 0.1) is 0 Å². The molecule has 0 aromatic carbocycles. The Labute approximate surface area is 537 Å². The molecule has 3 unspecified atom stereocenters. The molecular formula is C77H136N2O7P+. The summed E-state index contributed by atoms with van der Waals surface area (Å²) in [6.07, 6.45) is 92.0. The third-order valence-electron chi connectivity index (χ3n) is 15.4. The molecule has 87 heavy (non-hydrogen) atoms. The molecule has 0 fully saturated rings. The van der Waals surface area contributed by atoms with Crippen LogP contribution < -0.4 is 5.32 Å². The van der Waals surface area contributed by atoms with Gasteiger partial charge in [0.25, 0.3) is 0 Å². The van der Waals surface area contributed by atoms with E-state index in [-0.39, 0.29) is 31.5 Å². The molecule has 0 saturated heterocycles. The van der Waals surface area contributed by atoms with E-state index >= 15 is 0 Å². The van der Waals surface area contributed by atoms with Crippen LogP contribution in [0.25, 0.3) is 0 Å². The number of esters is 1. The lowest BCUT2D eigenvalue weighted by molar-refractivity contribution is -0.870. The maximum Gasteiger partial charge on any atom is 0.472 e. The number of hydrogen-bond acceptors (Lipinski definition) is 6. The molecule has 9 nitrogen and oxygen atoms in total. The minimum Gasteiger partial charge on any atom is -0.456 e. The van der Waals surface area contributed by atoms with Gasteiger partial charge in [0.1, 0.15) is 19.3 Å². The van der Waals surface area contributed by atoms with Crippen LogP contribution in [0.1, 0.15) is 303 Å². The summed E-state index contributed by atoms with van der Waals surface area (Å²) in [6.45, 7) is 6.87. The second kappa shape index (κ2) is 65.4. The minimum absolute atomic E-state index is 0.0306. The molecule has 500 valence electrons. The number of amides is 1. The number of carbonyl (C=O) groups excluding carboxylic acids is 2. The predicted octanol–water partition coefficient (Wildman–Crippen LogP) is 23.0. The number of carbonyl (C=O) groups is 2. The van der Waals surface area contributed by atoms with Gasteiger partial charge in [-0.3, -0.25) is 18.6 Å². The summed E-state index contributed by atoms with van der Waals surface area (Å²) in [5.41, 5.74) is 0. The molecule has 0 aliphatic heterocycles. The van der Waals surface area contributed by atoms with Crippen LogP contribution in [-0.2, 0) is 27.9 Å². The molecule has 0 radical (unpaired) electrons. The van der Waals surface area contributed by atoms with E-state index in [4.69, 9.17) is 13.8 Å². The summed E-state index contributed by atoms with van der Waals surface area (Å²) in [5.74, 6) is -0.527. The average molecular weight is 1230 g/mol. The van der Waals surface area contributed by atoms with Crippen molar-refractivity contribution in [3.05, 3.63) is 122 Å². The van der Waals surface area contributed by atoms with Crippen LogP contribution in [0.4, 0.5) is 0 Å². The van der Waals surface area contributed by atoms with Crippen molar-refractivity contribution in [1.29, 1.82) is 0 Å². The number of hydrogen-bond donors (Lipinski definition) is 2. The summed E-state index contributed by atoms with van der Waals surface area (Å²) in [4.78, 5) is 38.0. The summed E-state index contributed by atoms with van der Waals surface area (Å²) >= 11 is 0. The van der Waals surface area contributed by atoms with Gasteiger partial charge in [0.05, 0.1) is 33.8 Å². The van der Waals surface area contributed by atoms with Crippen molar-refractivity contribution in [2.45, 2.75) is 315 Å². The first-order valence-corrected chi connectivity index (χ1v) is 37.4. The zero-order valence-corrected chi connectivity index (χ0v) is 58.1. The van der Waals surface area contributed by atoms with Crippen LogP contribution in [0.15, 0.2) is 122 Å². The number of ether oxygens (including phenoxy) is 1. The number of likely N-dealkylation sites (N-methyl/N-ethyl adjacent to an activating group) is 1. The highest BCUT2D eigenvalue weighted by atomic mass is 31.2. The fraction of sp³-hybridized carbons (Fsp3) is 0.714. The van der Waals surface area contributed by atoms with Crippen molar-refractivity contribution in [2.24, 2.45) is 0 Å². The summed E-state index contributed by atoms with van der Waals surface area (Å²) in [7, 11) is 1.47. The Morgan fingerprint density at radius 2 is 0.736 bits per heavy atom. The predicted molar refractivity (Wildman–Crippen MR) is 378 cm³/mol. The van der Waals surface area contributed by atoms with Gasteiger partial charge in [-0.05, 0) is 122 Å². The minimum atomic E-state index is -4.47. The lowest BCUT2D eigenvalue weighted by Gasteiger charge is -2.27. The van der Waals surface area contributed by atoms with E-state index in [9.17, 15) is 19.0 Å². The highest BCUT2D eigenvalue weighted by Gasteiger charge is 2.30. The van der Waals surface area contributed by atoms with Gasteiger partial charge < -0.3 is 19.4 Å². The van der Waals surface area contributed by atoms with Gasteiger partial charge in [0, 0.05) is 12.8 Å². The summed E-state index contributed by atoms with van der Waals surface area (Å²) < 4.78 is 30.8. The Kier molecular flexibility index (Phi) is 62.7. The molecule has 0 heterocycles. The van der Waals surface area contributed by atoms with Gasteiger partial charge in [-0.15, -0.1) is 0 Å². The number of phosphoric acid groups is 1. The molecule has 0 aromatic heterocycles. The van der Waals surface area contributed by atoms with E-state index in [1.54, 1.807) is 0 Å². The maximum absolute atomic E-state index is 13.6. The van der Waals surface area contributed by atoms with Gasteiger partial charge in [-0.2, -0.15) is 0 Å². The van der Waals surface area contributed by atoms with Crippen molar-refractivity contribution in [2.75, 3.05) is 40.9 Å². The van der Waals surface area contributed by atoms with Crippen LogP contribution in [0.5, 0.6) is 0 Å². The third-order valence-corrected chi connectivity index (χ3v) is 16.4. The zero-order valence-electron chi connectivity index (χ0n) is 57.2. The first kappa shape index (κ1) is 83.4. The average Bonchev–Trinajstić information content (AvgIpc) is 3.70. The largest absolute Gasteiger partial charge is 0.472 e. The van der Waals surface area contributed by atoms with Crippen molar-refractivity contribution in [3.8, 4) is 0 Å². The van der Waals surface area contributed by atoms with Crippen LogP contribution in [0.2, 0.25) is 0 Å². The molecule has 1 amide bonds. The van der Waals surface area contributed by atoms with Gasteiger partial charge in [-0.25, -0.2) is 4.57 Å². The monoisotopic (exact) mass is 1230 g/mol. The smallest absolute Gasteiger partial charge is 0.456 e. The number of nitrogens with zero attached hydrogens (tertiary/aromatic N) is 1. The second-order valence-electron chi connectivity index (χ2n) is 25.0. The van der Waals surface area contributed by atoms with E-state index in [1.165, 1.54) is 135 Å². The Balaban J connectivity index is 5.17. The molecule has 0 aliphatic carbocycles. The van der Waals surface area contributed by atoms with Crippen LogP contribution in [0.3, 0.4) is 0 Å². The van der Waals surface area contributed by atoms with Crippen molar-refractivity contribution >= 4 is 19.7 Å². The molecule has 0 aromatic rings. The number of rotatable bonds is 64. The first-order valence-electron chi connectivity index (χ1n) is 35.9. The van der Waals surface area contributed by atoms with E-state index < -0.39 is 20.0 Å². The highest BCUT2D eigenvalue weighted by molar-refractivity contribution is 7.47. The van der Waals surface area contributed by atoms with Gasteiger partial charge >= 0.3 is 13.8 Å². The number of phosphoric ester groups is 1. The molecule has 0 bridgehead atoms. The van der Waals surface area contributed by atoms with E-state index in [2.05, 4.69) is 135 Å². The van der Waals surface area contributed by atoms with Gasteiger partial charge in [0.2, 0.25) is 5.91 Å². The first-order chi connectivity index (χ1) is 42.4. The number of allylic oxidation sites excluding steroid dienone is 19. The van der Waals surface area contributed by atoms with Crippen LogP contribution in [-0.4, -0.2) is 74.3 Å². The molecule has 0 aliphatic rings. The fourth-order valence-corrected chi connectivity index (χ4v) is 10.6. The van der Waals surface area contributed by atoms with Gasteiger partial charge in [-0.1, -0.05) is 290 Å². The topological polar surface area (TPSA) is 111 Å². The molecule has 0 spiro atoms. The molecule has 0 rings (SSSR count). The normalized spacial score (nSPS) is 14.2. The number of nitrogens with one attached hydrogen (secondary N) is 1. The molecule has 3 atom stereocenters. The Morgan fingerprint density at radius 3 is 1.13 bits per heavy atom. The van der Waals surface area contributed by atoms with Crippen molar-refractivity contribution in [1.82, 2.24) is 5.32 Å². The lowest BCUT2D eigenvalue weighted by Crippen LogP contribution is -2.47. The van der Waals surface area contributed by atoms with E-state index in [1.807, 2.05) is 33.3 Å². The van der Waals surface area contributed by atoms with E-state index in [0.717, 1.165) is 135 Å². The molecule has 0 saturated carbocycles. The summed E-state index contributed by atoms with van der Waals surface area (Å²) in [6, 6.07) is -0.868. The highest BCUT2D eigenvalue weighted by Crippen LogP contribution is 2.43. The Bertz CT molecular complexity index is 1900. The SMILES string of the molecule is CC/C=C\C/C=C\C/C=C\C/C=C\C/C=C\C/C=C\CCCCCCCCC(=O)NC(COP(=O)(O)OCC[N+](C)(C)C)C(/C=C/CCCCCCCCCCCCC)OC(=O)CCCCCCCCCCCC/C=C\C/C=C\C/C=C\CCCCC. The number of quaternary nitrogens is 1. The molecule has 10 heteroatoms. The van der Waals surface area contributed by atoms with Crippen molar-refractivity contribution < 1.29 is 37.3 Å². The van der Waals surface area contributed by atoms with Gasteiger partial charge in [0.15, 0.2) is 0 Å². The standard InChI is InChI=1S/C77H135N2O7P/c1-7-10-13-16-19-22-25-28-30-32-34-36-38-39-41-42-44-46-48-51-54-57-60-63-66-69-76(80)78-74(73-85-87(82,83)84-72-71-79(4,5)6)75(68-65-62-59-56-53-50-27-24-21-18-15-12-9-3)86-77(81)70-67-64-61-58-55-52-49-47-45-43-40-37-35-33-31-29-26-23-20-17-14-11-8-2/h10,13,19-20,22-23,28-31,34-37,39,41,44,46,65,68,74-75H,7-9,11-12,14-18,21,24-27,32-33,38,40,42-43,45,47-64,66-67,69-73H2,1-6H3,(H-,78,80,82,83)/p+1/b13-10-,22-19-,23-20-,30-28-,31-29-,36-34-,37-35-,41-39-,46-44-,68-65+. The third kappa shape index (κ3) is 66.7. The van der Waals surface area contributed by atoms with Crippen molar-refractivity contribution in [3.63, 3.8) is 0 Å². The quantitative estimate of drug-likeness (QED) is 0.0205. The lowest BCUT2D eigenvalue weighted by atomic mass is 10.0. The summed E-state index contributed by atoms with van der Waals surface area (Å²) in [5, 5.41) is 3.06. The van der Waals surface area contributed by atoms with Crippen LogP contribution >= 0.6 is 7.82 Å². The molecule has 2 N–H and O–H groups in total. The fourth-order valence-electron chi connectivity index (χ4n) is 9.89. The Morgan fingerprint density at radius 1 is 0.414 bits per heavy atom. The maximum atomic E-state index is 13.6. The van der Waals surface area contributed by atoms with E-state index in [0.29, 0.717) is 17.4 Å². The zero-order chi connectivity index (χ0) is 63.5. The Hall–Kier alpha value is -3.59.